The fraction of sp³-hybridized carbons (Fsp3) is 0.0667. The third-order valence-electron chi connectivity index (χ3n) is 3.56. The molecule has 0 bridgehead atoms. The highest BCUT2D eigenvalue weighted by molar-refractivity contribution is 6.23. The van der Waals surface area contributed by atoms with Gasteiger partial charge in [0.1, 0.15) is 0 Å². The first kappa shape index (κ1) is 8.17. The summed E-state index contributed by atoms with van der Waals surface area (Å²) >= 11 is 0. The second-order valence-electron chi connectivity index (χ2n) is 4.38. The molecule has 1 aromatic heterocycles. The van der Waals surface area contributed by atoms with Gasteiger partial charge in [-0.1, -0.05) is 36.4 Å². The molecule has 3 aromatic carbocycles. The van der Waals surface area contributed by atoms with E-state index < -0.39 is 0 Å². The molecule has 4 rings (SSSR count). The van der Waals surface area contributed by atoms with Crippen molar-refractivity contribution in [1.82, 2.24) is 4.57 Å². The van der Waals surface area contributed by atoms with Gasteiger partial charge < -0.3 is 4.57 Å². The number of rotatable bonds is 0. The van der Waals surface area contributed by atoms with Crippen molar-refractivity contribution >= 4 is 32.6 Å². The number of aromatic nitrogens is 1. The molecule has 0 saturated carbocycles. The van der Waals surface area contributed by atoms with E-state index in [2.05, 4.69) is 60.1 Å². The minimum absolute atomic E-state index is 1.32. The summed E-state index contributed by atoms with van der Waals surface area (Å²) in [5.74, 6) is 0. The lowest BCUT2D eigenvalue weighted by Crippen LogP contribution is -1.85. The SMILES string of the molecule is Cn1c2cccc3ccc4cccc1c4c32. The number of hydrogen-bond acceptors (Lipinski definition) is 0. The minimum Gasteiger partial charge on any atom is -0.344 e. The van der Waals surface area contributed by atoms with Crippen LogP contribution in [0.25, 0.3) is 32.6 Å². The zero-order valence-electron chi connectivity index (χ0n) is 9.07. The van der Waals surface area contributed by atoms with Crippen molar-refractivity contribution in [2.75, 3.05) is 0 Å². The van der Waals surface area contributed by atoms with E-state index >= 15 is 0 Å². The van der Waals surface area contributed by atoms with Crippen LogP contribution in [-0.4, -0.2) is 4.57 Å². The van der Waals surface area contributed by atoms with Crippen LogP contribution in [-0.2, 0) is 7.05 Å². The lowest BCUT2D eigenvalue weighted by Gasteiger charge is -2.00. The van der Waals surface area contributed by atoms with E-state index in [0.29, 0.717) is 0 Å². The van der Waals surface area contributed by atoms with Crippen LogP contribution in [0.2, 0.25) is 0 Å². The summed E-state index contributed by atoms with van der Waals surface area (Å²) in [6.45, 7) is 0. The van der Waals surface area contributed by atoms with E-state index in [4.69, 9.17) is 0 Å². The Morgan fingerprint density at radius 1 is 0.688 bits per heavy atom. The monoisotopic (exact) mass is 205 g/mol. The summed E-state index contributed by atoms with van der Waals surface area (Å²) in [5, 5.41) is 5.47. The Morgan fingerprint density at radius 3 is 1.69 bits per heavy atom. The molecule has 0 amide bonds. The Balaban J connectivity index is 2.55. The minimum atomic E-state index is 1.32. The Kier molecular flexibility index (Phi) is 1.31. The van der Waals surface area contributed by atoms with Gasteiger partial charge in [-0.3, -0.25) is 0 Å². The van der Waals surface area contributed by atoms with E-state index in [9.17, 15) is 0 Å². The molecule has 4 aromatic rings. The predicted molar refractivity (Wildman–Crippen MR) is 69.1 cm³/mol. The topological polar surface area (TPSA) is 4.93 Å². The number of aryl methyl sites for hydroxylation is 1. The summed E-state index contributed by atoms with van der Waals surface area (Å²) < 4.78 is 2.28. The van der Waals surface area contributed by atoms with Gasteiger partial charge in [0, 0.05) is 28.9 Å². The predicted octanol–water partition coefficient (Wildman–Crippen LogP) is 3.92. The summed E-state index contributed by atoms with van der Waals surface area (Å²) in [5.41, 5.74) is 2.65. The van der Waals surface area contributed by atoms with Gasteiger partial charge in [-0.05, 0) is 22.9 Å². The summed E-state index contributed by atoms with van der Waals surface area (Å²) in [4.78, 5) is 0. The first-order valence-corrected chi connectivity index (χ1v) is 5.54. The van der Waals surface area contributed by atoms with E-state index in [1.165, 1.54) is 32.6 Å². The summed E-state index contributed by atoms with van der Waals surface area (Å²) in [6, 6.07) is 17.5. The van der Waals surface area contributed by atoms with E-state index in [0.717, 1.165) is 0 Å². The fourth-order valence-corrected chi connectivity index (χ4v) is 2.81. The van der Waals surface area contributed by atoms with Crippen molar-refractivity contribution in [3.63, 3.8) is 0 Å². The first-order chi connectivity index (χ1) is 7.86. The highest BCUT2D eigenvalue weighted by Gasteiger charge is 2.11. The maximum atomic E-state index is 2.28. The molecule has 0 atom stereocenters. The Labute approximate surface area is 93.2 Å². The van der Waals surface area contributed by atoms with E-state index in [-0.39, 0.29) is 0 Å². The number of hydrogen-bond donors (Lipinski definition) is 0. The largest absolute Gasteiger partial charge is 0.344 e. The zero-order valence-corrected chi connectivity index (χ0v) is 9.07. The second kappa shape index (κ2) is 2.56. The van der Waals surface area contributed by atoms with Crippen LogP contribution in [0.3, 0.4) is 0 Å². The van der Waals surface area contributed by atoms with Crippen molar-refractivity contribution in [2.24, 2.45) is 7.05 Å². The van der Waals surface area contributed by atoms with E-state index in [1.54, 1.807) is 0 Å². The van der Waals surface area contributed by atoms with Crippen molar-refractivity contribution in [3.05, 3.63) is 48.5 Å². The second-order valence-corrected chi connectivity index (χ2v) is 4.38. The van der Waals surface area contributed by atoms with Crippen LogP contribution < -0.4 is 0 Å². The van der Waals surface area contributed by atoms with Gasteiger partial charge in [0.15, 0.2) is 0 Å². The van der Waals surface area contributed by atoms with Crippen LogP contribution in [0.15, 0.2) is 48.5 Å². The van der Waals surface area contributed by atoms with Gasteiger partial charge >= 0.3 is 0 Å². The molecule has 1 heterocycles. The molecule has 0 saturated heterocycles. The Morgan fingerprint density at radius 2 is 1.19 bits per heavy atom. The lowest BCUT2D eigenvalue weighted by atomic mass is 10.0. The maximum absolute atomic E-state index is 2.28. The van der Waals surface area contributed by atoms with Gasteiger partial charge in [-0.2, -0.15) is 0 Å². The third-order valence-corrected chi connectivity index (χ3v) is 3.56. The third kappa shape index (κ3) is 0.782. The molecule has 0 aliphatic rings. The highest BCUT2D eigenvalue weighted by Crippen LogP contribution is 2.35. The molecular weight excluding hydrogens is 194 g/mol. The van der Waals surface area contributed by atoms with Gasteiger partial charge in [0.2, 0.25) is 0 Å². The molecule has 0 N–H and O–H groups in total. The maximum Gasteiger partial charge on any atom is 0.0495 e. The van der Waals surface area contributed by atoms with Crippen molar-refractivity contribution in [3.8, 4) is 0 Å². The summed E-state index contributed by atoms with van der Waals surface area (Å²) in [6.07, 6.45) is 0. The molecule has 1 heteroatoms. The van der Waals surface area contributed by atoms with Crippen LogP contribution in [0, 0.1) is 0 Å². The molecule has 0 radical (unpaired) electrons. The van der Waals surface area contributed by atoms with Crippen LogP contribution in [0.5, 0.6) is 0 Å². The normalized spacial score (nSPS) is 12.1. The smallest absolute Gasteiger partial charge is 0.0495 e. The van der Waals surface area contributed by atoms with Gasteiger partial charge in [-0.25, -0.2) is 0 Å². The lowest BCUT2D eigenvalue weighted by molar-refractivity contribution is 1.01. The average molecular weight is 205 g/mol. The number of benzene rings is 3. The average Bonchev–Trinajstić information content (AvgIpc) is 2.64. The van der Waals surface area contributed by atoms with Crippen LogP contribution in [0.1, 0.15) is 0 Å². The van der Waals surface area contributed by atoms with Gasteiger partial charge in [0.25, 0.3) is 0 Å². The molecule has 1 nitrogen and oxygen atoms in total. The molecule has 0 fully saturated rings. The standard InChI is InChI=1S/C15H11N/c1-16-12-6-2-4-10-8-9-11-5-3-7-13(16)15(11)14(10)12/h2-9H,1H3. The molecule has 0 aliphatic carbocycles. The van der Waals surface area contributed by atoms with Crippen molar-refractivity contribution in [1.29, 1.82) is 0 Å². The molecule has 76 valence electrons. The molecule has 16 heavy (non-hydrogen) atoms. The van der Waals surface area contributed by atoms with Crippen molar-refractivity contribution < 1.29 is 0 Å². The van der Waals surface area contributed by atoms with Gasteiger partial charge in [0.05, 0.1) is 0 Å². The Bertz CT molecular complexity index is 740. The summed E-state index contributed by atoms with van der Waals surface area (Å²) in [7, 11) is 2.14. The molecule has 0 unspecified atom stereocenters. The van der Waals surface area contributed by atoms with Gasteiger partial charge in [-0.15, -0.1) is 0 Å². The van der Waals surface area contributed by atoms with Crippen LogP contribution in [0.4, 0.5) is 0 Å². The Hall–Kier alpha value is -2.02. The van der Waals surface area contributed by atoms with E-state index in [1.807, 2.05) is 0 Å². The first-order valence-electron chi connectivity index (χ1n) is 5.54. The molecular formula is C15H11N. The highest BCUT2D eigenvalue weighted by atomic mass is 14.9. The quantitative estimate of drug-likeness (QED) is 0.383. The fourth-order valence-electron chi connectivity index (χ4n) is 2.81. The molecule has 0 spiro atoms. The molecule has 0 aliphatic heterocycles. The number of nitrogens with zero attached hydrogens (tertiary/aromatic N) is 1. The van der Waals surface area contributed by atoms with Crippen LogP contribution >= 0.6 is 0 Å². The van der Waals surface area contributed by atoms with Crippen molar-refractivity contribution in [2.45, 2.75) is 0 Å². The zero-order chi connectivity index (χ0) is 10.7.